The summed E-state index contributed by atoms with van der Waals surface area (Å²) < 4.78 is 5.13. The molecule has 0 heterocycles. The predicted octanol–water partition coefficient (Wildman–Crippen LogP) is 3.03. The average Bonchev–Trinajstić information content (AvgIpc) is 2.49. The van der Waals surface area contributed by atoms with Crippen LogP contribution in [0.3, 0.4) is 0 Å². The summed E-state index contributed by atoms with van der Waals surface area (Å²) in [5, 5.41) is 13.4. The molecule has 6 nitrogen and oxygen atoms in total. The van der Waals surface area contributed by atoms with E-state index in [0.29, 0.717) is 16.9 Å². The third kappa shape index (κ3) is 3.60. The van der Waals surface area contributed by atoms with E-state index >= 15 is 0 Å². The topological polar surface area (TPSA) is 81.5 Å². The van der Waals surface area contributed by atoms with Gasteiger partial charge >= 0.3 is 0 Å². The molecule has 2 aromatic rings. The lowest BCUT2D eigenvalue weighted by Gasteiger charge is -2.10. The Labute approximate surface area is 127 Å². The Morgan fingerprint density at radius 3 is 2.64 bits per heavy atom. The highest BCUT2D eigenvalue weighted by Gasteiger charge is 2.14. The fraction of sp³-hybridized carbons (Fsp3) is 0.188. The number of rotatable bonds is 5. The van der Waals surface area contributed by atoms with Gasteiger partial charge in [-0.05, 0) is 36.8 Å². The summed E-state index contributed by atoms with van der Waals surface area (Å²) in [6, 6.07) is 12.0. The Kier molecular flexibility index (Phi) is 4.73. The standard InChI is InChI=1S/C16H16N2O4/c1-11-5-3-4-6-14(11)17-16(19)12-7-8-13(10-18(20)21)15(9-12)22-2/h3-9H,10H2,1-2H3,(H,17,19). The lowest BCUT2D eigenvalue weighted by Crippen LogP contribution is -2.13. The second-order valence-corrected chi connectivity index (χ2v) is 4.79. The minimum atomic E-state index is -0.440. The van der Waals surface area contributed by atoms with Crippen molar-refractivity contribution >= 4 is 11.6 Å². The number of hydrogen-bond acceptors (Lipinski definition) is 4. The molecule has 0 bridgehead atoms. The number of hydrogen-bond donors (Lipinski definition) is 1. The van der Waals surface area contributed by atoms with E-state index in [4.69, 9.17) is 4.74 Å². The van der Waals surface area contributed by atoms with Crippen LogP contribution in [0.2, 0.25) is 0 Å². The summed E-state index contributed by atoms with van der Waals surface area (Å²) in [4.78, 5) is 22.4. The van der Waals surface area contributed by atoms with Crippen LogP contribution in [0.4, 0.5) is 5.69 Å². The highest BCUT2D eigenvalue weighted by atomic mass is 16.6. The zero-order chi connectivity index (χ0) is 16.1. The zero-order valence-corrected chi connectivity index (χ0v) is 12.3. The van der Waals surface area contributed by atoms with Crippen LogP contribution in [0.25, 0.3) is 0 Å². The first-order valence-electron chi connectivity index (χ1n) is 6.67. The number of carbonyl (C=O) groups is 1. The second kappa shape index (κ2) is 6.71. The lowest BCUT2D eigenvalue weighted by molar-refractivity contribution is -0.496. The molecule has 2 rings (SSSR count). The maximum absolute atomic E-state index is 12.3. The molecular formula is C16H16N2O4. The molecule has 22 heavy (non-hydrogen) atoms. The molecule has 0 saturated heterocycles. The summed E-state index contributed by atoms with van der Waals surface area (Å²) in [5.74, 6) is 0.0365. The molecule has 0 saturated carbocycles. The van der Waals surface area contributed by atoms with Crippen molar-refractivity contribution in [2.24, 2.45) is 0 Å². The normalized spacial score (nSPS) is 10.1. The molecule has 0 aliphatic heterocycles. The van der Waals surface area contributed by atoms with Crippen molar-refractivity contribution in [3.8, 4) is 5.75 Å². The van der Waals surface area contributed by atoms with E-state index in [-0.39, 0.29) is 12.5 Å². The van der Waals surface area contributed by atoms with Gasteiger partial charge in [0.05, 0.1) is 12.7 Å². The van der Waals surface area contributed by atoms with Crippen LogP contribution >= 0.6 is 0 Å². The van der Waals surface area contributed by atoms with E-state index < -0.39 is 4.92 Å². The number of methoxy groups -OCH3 is 1. The van der Waals surface area contributed by atoms with Crippen molar-refractivity contribution in [3.05, 3.63) is 69.3 Å². The summed E-state index contributed by atoms with van der Waals surface area (Å²) >= 11 is 0. The predicted molar refractivity (Wildman–Crippen MR) is 82.8 cm³/mol. The van der Waals surface area contributed by atoms with E-state index in [1.165, 1.54) is 19.2 Å². The molecule has 0 fully saturated rings. The summed E-state index contributed by atoms with van der Waals surface area (Å²) in [7, 11) is 1.42. The minimum Gasteiger partial charge on any atom is -0.496 e. The SMILES string of the molecule is COc1cc(C(=O)Nc2ccccc2C)ccc1C[N+](=O)[O-]. The number of para-hydroxylation sites is 1. The monoisotopic (exact) mass is 300 g/mol. The third-order valence-corrected chi connectivity index (χ3v) is 3.24. The van der Waals surface area contributed by atoms with Gasteiger partial charge in [0.2, 0.25) is 6.54 Å². The van der Waals surface area contributed by atoms with Crippen LogP contribution < -0.4 is 10.1 Å². The Morgan fingerprint density at radius 2 is 2.00 bits per heavy atom. The van der Waals surface area contributed by atoms with Crippen molar-refractivity contribution < 1.29 is 14.5 Å². The molecule has 114 valence electrons. The highest BCUT2D eigenvalue weighted by Crippen LogP contribution is 2.22. The lowest BCUT2D eigenvalue weighted by atomic mass is 10.1. The van der Waals surface area contributed by atoms with Crippen molar-refractivity contribution in [3.63, 3.8) is 0 Å². The van der Waals surface area contributed by atoms with Gasteiger partial charge in [0, 0.05) is 16.2 Å². The smallest absolute Gasteiger partial charge is 0.255 e. The largest absolute Gasteiger partial charge is 0.496 e. The Balaban J connectivity index is 2.23. The number of nitro groups is 1. The van der Waals surface area contributed by atoms with Crippen molar-refractivity contribution in [2.45, 2.75) is 13.5 Å². The molecule has 0 unspecified atom stereocenters. The highest BCUT2D eigenvalue weighted by molar-refractivity contribution is 6.04. The van der Waals surface area contributed by atoms with Gasteiger partial charge in [0.1, 0.15) is 5.75 Å². The van der Waals surface area contributed by atoms with Gasteiger partial charge in [-0.2, -0.15) is 0 Å². The summed E-state index contributed by atoms with van der Waals surface area (Å²) in [6.07, 6.45) is 0. The zero-order valence-electron chi connectivity index (χ0n) is 12.3. The van der Waals surface area contributed by atoms with Crippen LogP contribution in [0.15, 0.2) is 42.5 Å². The average molecular weight is 300 g/mol. The fourth-order valence-electron chi connectivity index (χ4n) is 2.06. The molecule has 0 aliphatic rings. The maximum Gasteiger partial charge on any atom is 0.255 e. The molecule has 0 atom stereocenters. The van der Waals surface area contributed by atoms with Crippen LogP contribution in [0, 0.1) is 17.0 Å². The first kappa shape index (κ1) is 15.5. The number of carbonyl (C=O) groups excluding carboxylic acids is 1. The molecule has 1 N–H and O–H groups in total. The molecule has 0 aliphatic carbocycles. The van der Waals surface area contributed by atoms with Crippen molar-refractivity contribution in [1.29, 1.82) is 0 Å². The van der Waals surface area contributed by atoms with Gasteiger partial charge in [0.25, 0.3) is 5.91 Å². The number of amides is 1. The first-order valence-corrected chi connectivity index (χ1v) is 6.67. The first-order chi connectivity index (χ1) is 10.5. The summed E-state index contributed by atoms with van der Waals surface area (Å²) in [6.45, 7) is 1.55. The van der Waals surface area contributed by atoms with Gasteiger partial charge < -0.3 is 10.1 Å². The van der Waals surface area contributed by atoms with Gasteiger partial charge in [-0.1, -0.05) is 18.2 Å². The summed E-state index contributed by atoms with van der Waals surface area (Å²) in [5.41, 5.74) is 2.49. The molecule has 6 heteroatoms. The van der Waals surface area contributed by atoms with E-state index in [1.54, 1.807) is 6.07 Å². The molecular weight excluding hydrogens is 284 g/mol. The van der Waals surface area contributed by atoms with E-state index in [9.17, 15) is 14.9 Å². The van der Waals surface area contributed by atoms with Gasteiger partial charge in [0.15, 0.2) is 0 Å². The quantitative estimate of drug-likeness (QED) is 0.679. The maximum atomic E-state index is 12.3. The Morgan fingerprint density at radius 1 is 1.27 bits per heavy atom. The number of aryl methyl sites for hydroxylation is 1. The minimum absolute atomic E-state index is 0.291. The van der Waals surface area contributed by atoms with Crippen LogP contribution in [-0.4, -0.2) is 17.9 Å². The van der Waals surface area contributed by atoms with Gasteiger partial charge in [-0.3, -0.25) is 14.9 Å². The molecule has 2 aromatic carbocycles. The third-order valence-electron chi connectivity index (χ3n) is 3.24. The van der Waals surface area contributed by atoms with Crippen molar-refractivity contribution in [2.75, 3.05) is 12.4 Å². The number of anilines is 1. The molecule has 1 amide bonds. The molecule has 0 spiro atoms. The number of ether oxygens (including phenoxy) is 1. The van der Waals surface area contributed by atoms with Crippen LogP contribution in [-0.2, 0) is 6.54 Å². The number of benzene rings is 2. The molecule has 0 aromatic heterocycles. The molecule has 0 radical (unpaired) electrons. The van der Waals surface area contributed by atoms with Crippen molar-refractivity contribution in [1.82, 2.24) is 0 Å². The fourth-order valence-corrected chi connectivity index (χ4v) is 2.06. The number of nitrogens with one attached hydrogen (secondary N) is 1. The van der Waals surface area contributed by atoms with E-state index in [2.05, 4.69) is 5.32 Å². The van der Waals surface area contributed by atoms with Gasteiger partial charge in [-0.25, -0.2) is 0 Å². The van der Waals surface area contributed by atoms with Crippen LogP contribution in [0.5, 0.6) is 5.75 Å². The van der Waals surface area contributed by atoms with E-state index in [0.717, 1.165) is 11.3 Å². The van der Waals surface area contributed by atoms with E-state index in [1.807, 2.05) is 31.2 Å². The second-order valence-electron chi connectivity index (χ2n) is 4.79. The van der Waals surface area contributed by atoms with Gasteiger partial charge in [-0.15, -0.1) is 0 Å². The number of nitrogens with zero attached hydrogens (tertiary/aromatic N) is 1. The Bertz CT molecular complexity index is 713. The Hall–Kier alpha value is -2.89. The van der Waals surface area contributed by atoms with Crippen LogP contribution in [0.1, 0.15) is 21.5 Å².